The predicted molar refractivity (Wildman–Crippen MR) is 111 cm³/mol. The molecule has 1 aliphatic rings. The fourth-order valence-corrected chi connectivity index (χ4v) is 3.81. The van der Waals surface area contributed by atoms with E-state index in [0.717, 1.165) is 19.5 Å². The van der Waals surface area contributed by atoms with Crippen LogP contribution in [0.2, 0.25) is 0 Å². The van der Waals surface area contributed by atoms with Crippen molar-refractivity contribution in [3.05, 3.63) is 53.3 Å². The van der Waals surface area contributed by atoms with Crippen LogP contribution in [0.25, 0.3) is 0 Å². The molecule has 0 saturated carbocycles. The zero-order valence-corrected chi connectivity index (χ0v) is 17.6. The number of hydrogen-bond donors (Lipinski definition) is 2. The molecule has 6 nitrogen and oxygen atoms in total. The summed E-state index contributed by atoms with van der Waals surface area (Å²) in [5.74, 6) is 0.522. The van der Waals surface area contributed by atoms with E-state index in [-0.39, 0.29) is 18.2 Å². The van der Waals surface area contributed by atoms with Crippen molar-refractivity contribution in [2.75, 3.05) is 13.1 Å². The van der Waals surface area contributed by atoms with Crippen LogP contribution in [-0.2, 0) is 26.3 Å². The molecule has 2 atom stereocenters. The zero-order chi connectivity index (χ0) is 21.7. The molecular formula is C21H29F3N6. The van der Waals surface area contributed by atoms with Gasteiger partial charge in [0.25, 0.3) is 0 Å². The molecule has 2 aromatic rings. The van der Waals surface area contributed by atoms with Gasteiger partial charge in [0.1, 0.15) is 0 Å². The number of likely N-dealkylation sites (tertiary alicyclic amines) is 1. The Hall–Kier alpha value is -2.55. The number of rotatable bonds is 6. The van der Waals surface area contributed by atoms with Gasteiger partial charge in [-0.25, -0.2) is 4.99 Å². The molecule has 1 aromatic carbocycles. The van der Waals surface area contributed by atoms with Gasteiger partial charge in [-0.1, -0.05) is 30.3 Å². The lowest BCUT2D eigenvalue weighted by molar-refractivity contribution is -0.142. The van der Waals surface area contributed by atoms with E-state index in [9.17, 15) is 13.2 Å². The fourth-order valence-electron chi connectivity index (χ4n) is 3.81. The summed E-state index contributed by atoms with van der Waals surface area (Å²) in [5, 5.41) is 10.1. The lowest BCUT2D eigenvalue weighted by Crippen LogP contribution is -2.44. The lowest BCUT2D eigenvalue weighted by Gasteiger charge is -2.21. The molecule has 0 radical (unpaired) electrons. The number of aryl methyl sites for hydroxylation is 1. The minimum absolute atomic E-state index is 0.0627. The quantitative estimate of drug-likeness (QED) is 0.555. The second-order valence-corrected chi connectivity index (χ2v) is 7.71. The van der Waals surface area contributed by atoms with Crippen LogP contribution < -0.4 is 10.6 Å². The van der Waals surface area contributed by atoms with Gasteiger partial charge in [0.15, 0.2) is 11.7 Å². The van der Waals surface area contributed by atoms with Gasteiger partial charge in [0.05, 0.1) is 6.54 Å². The predicted octanol–water partition coefficient (Wildman–Crippen LogP) is 3.16. The Bertz CT molecular complexity index is 846. The monoisotopic (exact) mass is 422 g/mol. The van der Waals surface area contributed by atoms with Gasteiger partial charge in [-0.15, -0.1) is 0 Å². The van der Waals surface area contributed by atoms with Crippen molar-refractivity contribution in [1.82, 2.24) is 25.3 Å². The number of guanidine groups is 1. The van der Waals surface area contributed by atoms with E-state index in [0.29, 0.717) is 18.5 Å². The number of alkyl halides is 3. The summed E-state index contributed by atoms with van der Waals surface area (Å²) in [5.41, 5.74) is 0.447. The van der Waals surface area contributed by atoms with Crippen molar-refractivity contribution in [3.8, 4) is 0 Å². The molecule has 3 rings (SSSR count). The van der Waals surface area contributed by atoms with Crippen LogP contribution in [0.1, 0.15) is 37.1 Å². The zero-order valence-electron chi connectivity index (χ0n) is 17.6. The van der Waals surface area contributed by atoms with Crippen molar-refractivity contribution in [1.29, 1.82) is 0 Å². The van der Waals surface area contributed by atoms with Crippen molar-refractivity contribution in [2.24, 2.45) is 12.0 Å². The summed E-state index contributed by atoms with van der Waals surface area (Å²) in [6, 6.07) is 10.9. The number of halogens is 3. The lowest BCUT2D eigenvalue weighted by atomic mass is 10.2. The molecule has 2 N–H and O–H groups in total. The first-order valence-electron chi connectivity index (χ1n) is 10.2. The SMILES string of the molecule is CCNC(=NCc1cn(C)nc1C(F)(F)F)NC1CC(C)N(Cc2ccccc2)C1. The summed E-state index contributed by atoms with van der Waals surface area (Å²) in [7, 11) is 1.48. The highest BCUT2D eigenvalue weighted by Crippen LogP contribution is 2.30. The molecule has 0 bridgehead atoms. The molecule has 0 amide bonds. The van der Waals surface area contributed by atoms with E-state index < -0.39 is 11.9 Å². The maximum atomic E-state index is 13.2. The van der Waals surface area contributed by atoms with Crippen molar-refractivity contribution in [2.45, 2.75) is 51.6 Å². The molecule has 1 aliphatic heterocycles. The molecule has 2 unspecified atom stereocenters. The third-order valence-electron chi connectivity index (χ3n) is 5.20. The Labute approximate surface area is 175 Å². The third-order valence-corrected chi connectivity index (χ3v) is 5.20. The number of nitrogens with one attached hydrogen (secondary N) is 2. The van der Waals surface area contributed by atoms with Crippen LogP contribution >= 0.6 is 0 Å². The summed E-state index contributed by atoms with van der Waals surface area (Å²) < 4.78 is 40.7. The van der Waals surface area contributed by atoms with Gasteiger partial charge in [0.2, 0.25) is 0 Å². The average Bonchev–Trinajstić information content (AvgIpc) is 3.23. The molecule has 0 aliphatic carbocycles. The number of nitrogens with zero attached hydrogens (tertiary/aromatic N) is 4. The van der Waals surface area contributed by atoms with Gasteiger partial charge < -0.3 is 10.6 Å². The third kappa shape index (κ3) is 5.75. The van der Waals surface area contributed by atoms with Crippen LogP contribution in [0.4, 0.5) is 13.2 Å². The minimum atomic E-state index is -4.49. The summed E-state index contributed by atoms with van der Waals surface area (Å²) >= 11 is 0. The molecule has 1 aromatic heterocycles. The molecule has 164 valence electrons. The van der Waals surface area contributed by atoms with Crippen molar-refractivity contribution < 1.29 is 13.2 Å². The van der Waals surface area contributed by atoms with Crippen LogP contribution in [0, 0.1) is 0 Å². The second kappa shape index (κ2) is 9.51. The highest BCUT2D eigenvalue weighted by molar-refractivity contribution is 5.80. The van der Waals surface area contributed by atoms with Gasteiger partial charge >= 0.3 is 6.18 Å². The normalized spacial score (nSPS) is 20.5. The van der Waals surface area contributed by atoms with E-state index in [1.165, 1.54) is 23.5 Å². The largest absolute Gasteiger partial charge is 0.435 e. The van der Waals surface area contributed by atoms with Gasteiger partial charge in [-0.2, -0.15) is 18.3 Å². The Kier molecular flexibility index (Phi) is 7.02. The topological polar surface area (TPSA) is 57.5 Å². The van der Waals surface area contributed by atoms with Gasteiger partial charge in [-0.05, 0) is 25.8 Å². The molecule has 1 fully saturated rings. The highest BCUT2D eigenvalue weighted by Gasteiger charge is 2.37. The first-order chi connectivity index (χ1) is 14.3. The Balaban J connectivity index is 1.64. The average molecular weight is 422 g/mol. The number of aromatic nitrogens is 2. The standard InChI is InChI=1S/C21H29F3N6/c1-4-25-20(26-11-17-13-29(3)28-19(17)21(22,23)24)27-18-10-15(2)30(14-18)12-16-8-6-5-7-9-16/h5-9,13,15,18H,4,10-12,14H2,1-3H3,(H2,25,26,27). The van der Waals surface area contributed by atoms with Crippen molar-refractivity contribution >= 4 is 5.96 Å². The van der Waals surface area contributed by atoms with E-state index >= 15 is 0 Å². The maximum absolute atomic E-state index is 13.2. The molecular weight excluding hydrogens is 393 g/mol. The van der Waals surface area contributed by atoms with Crippen LogP contribution in [0.15, 0.2) is 41.5 Å². The minimum Gasteiger partial charge on any atom is -0.357 e. The first kappa shape index (κ1) is 22.1. The molecule has 1 saturated heterocycles. The summed E-state index contributed by atoms with van der Waals surface area (Å²) in [4.78, 5) is 6.79. The van der Waals surface area contributed by atoms with E-state index in [4.69, 9.17) is 0 Å². The Morgan fingerprint density at radius 2 is 2.00 bits per heavy atom. The highest BCUT2D eigenvalue weighted by atomic mass is 19.4. The van der Waals surface area contributed by atoms with E-state index in [2.05, 4.69) is 44.7 Å². The first-order valence-corrected chi connectivity index (χ1v) is 10.2. The van der Waals surface area contributed by atoms with E-state index in [1.54, 1.807) is 0 Å². The summed E-state index contributed by atoms with van der Waals surface area (Å²) in [6.07, 6.45) is -2.18. The number of benzene rings is 1. The number of hydrogen-bond acceptors (Lipinski definition) is 3. The smallest absolute Gasteiger partial charge is 0.357 e. The fraction of sp³-hybridized carbons (Fsp3) is 0.524. The van der Waals surface area contributed by atoms with Crippen LogP contribution in [-0.4, -0.2) is 45.8 Å². The maximum Gasteiger partial charge on any atom is 0.435 e. The molecule has 0 spiro atoms. The molecule has 9 heteroatoms. The summed E-state index contributed by atoms with van der Waals surface area (Å²) in [6.45, 7) is 6.38. The van der Waals surface area contributed by atoms with Crippen LogP contribution in [0.5, 0.6) is 0 Å². The van der Waals surface area contributed by atoms with E-state index in [1.807, 2.05) is 25.1 Å². The molecule has 2 heterocycles. The number of aliphatic imine (C=N–C) groups is 1. The van der Waals surface area contributed by atoms with Gasteiger partial charge in [-0.3, -0.25) is 9.58 Å². The van der Waals surface area contributed by atoms with Gasteiger partial charge in [0, 0.05) is 50.5 Å². The Morgan fingerprint density at radius 3 is 2.67 bits per heavy atom. The Morgan fingerprint density at radius 1 is 1.27 bits per heavy atom. The molecule has 30 heavy (non-hydrogen) atoms. The van der Waals surface area contributed by atoms with Crippen LogP contribution in [0.3, 0.4) is 0 Å². The van der Waals surface area contributed by atoms with Crippen molar-refractivity contribution in [3.63, 3.8) is 0 Å². The second-order valence-electron chi connectivity index (χ2n) is 7.71.